The highest BCUT2D eigenvalue weighted by Gasteiger charge is 2.34. The molecule has 0 aromatic heterocycles. The first kappa shape index (κ1) is 7.56. The van der Waals surface area contributed by atoms with Gasteiger partial charge in [0, 0.05) is 12.1 Å². The van der Waals surface area contributed by atoms with Gasteiger partial charge in [-0.05, 0) is 45.2 Å². The zero-order valence-corrected chi connectivity index (χ0v) is 7.43. The van der Waals surface area contributed by atoms with E-state index in [-0.39, 0.29) is 0 Å². The first-order valence-corrected chi connectivity index (χ1v) is 4.74. The maximum Gasteiger partial charge on any atom is 0.00818 e. The molecular weight excluding hydrogens is 136 g/mol. The summed E-state index contributed by atoms with van der Waals surface area (Å²) in [6, 6.07) is 1.43. The van der Waals surface area contributed by atoms with Crippen molar-refractivity contribution in [2.45, 2.75) is 32.4 Å². The van der Waals surface area contributed by atoms with Crippen LogP contribution < -0.4 is 10.6 Å². The fourth-order valence-electron chi connectivity index (χ4n) is 2.46. The Labute approximate surface area is 68.7 Å². The van der Waals surface area contributed by atoms with Gasteiger partial charge in [-0.25, -0.2) is 0 Å². The van der Waals surface area contributed by atoms with E-state index in [2.05, 4.69) is 24.5 Å². The van der Waals surface area contributed by atoms with Crippen LogP contribution in [0.15, 0.2) is 0 Å². The Balaban J connectivity index is 2.05. The van der Waals surface area contributed by atoms with Crippen molar-refractivity contribution in [3.05, 3.63) is 0 Å². The summed E-state index contributed by atoms with van der Waals surface area (Å²) in [5, 5.41) is 7.15. The molecule has 4 atom stereocenters. The summed E-state index contributed by atoms with van der Waals surface area (Å²) in [5.41, 5.74) is 0. The second-order valence-electron chi connectivity index (χ2n) is 4.16. The lowest BCUT2D eigenvalue weighted by Crippen LogP contribution is -2.57. The Hall–Kier alpha value is -0.0800. The molecule has 2 fully saturated rings. The third-order valence-corrected chi connectivity index (χ3v) is 3.36. The fraction of sp³-hybridized carbons (Fsp3) is 1.00. The molecule has 4 unspecified atom stereocenters. The van der Waals surface area contributed by atoms with E-state index in [9.17, 15) is 0 Å². The second-order valence-corrected chi connectivity index (χ2v) is 4.16. The molecule has 2 heteroatoms. The SMILES string of the molecule is CC1NC(C)C2CNCC1C2. The number of hydrogen-bond donors (Lipinski definition) is 2. The molecule has 64 valence electrons. The predicted molar refractivity (Wildman–Crippen MR) is 46.5 cm³/mol. The van der Waals surface area contributed by atoms with E-state index in [0.717, 1.165) is 11.8 Å². The molecule has 2 N–H and O–H groups in total. The molecule has 0 amide bonds. The summed E-state index contributed by atoms with van der Waals surface area (Å²) < 4.78 is 0. The lowest BCUT2D eigenvalue weighted by molar-refractivity contribution is 0.138. The molecule has 0 radical (unpaired) electrons. The number of rotatable bonds is 0. The van der Waals surface area contributed by atoms with Crippen molar-refractivity contribution < 1.29 is 0 Å². The molecule has 0 saturated carbocycles. The van der Waals surface area contributed by atoms with Gasteiger partial charge < -0.3 is 10.6 Å². The molecule has 2 rings (SSSR count). The highest BCUT2D eigenvalue weighted by atomic mass is 15.0. The zero-order chi connectivity index (χ0) is 7.84. The second kappa shape index (κ2) is 2.76. The minimum atomic E-state index is 0.717. The third-order valence-electron chi connectivity index (χ3n) is 3.36. The van der Waals surface area contributed by atoms with E-state index >= 15 is 0 Å². The van der Waals surface area contributed by atoms with Crippen LogP contribution >= 0.6 is 0 Å². The minimum absolute atomic E-state index is 0.717. The van der Waals surface area contributed by atoms with Gasteiger partial charge in [0.25, 0.3) is 0 Å². The monoisotopic (exact) mass is 154 g/mol. The van der Waals surface area contributed by atoms with Gasteiger partial charge in [0.2, 0.25) is 0 Å². The third kappa shape index (κ3) is 1.30. The van der Waals surface area contributed by atoms with Gasteiger partial charge in [-0.3, -0.25) is 0 Å². The summed E-state index contributed by atoms with van der Waals surface area (Å²) in [6.45, 7) is 7.06. The van der Waals surface area contributed by atoms with Crippen LogP contribution in [-0.2, 0) is 0 Å². The van der Waals surface area contributed by atoms with Gasteiger partial charge in [-0.15, -0.1) is 0 Å². The average Bonchev–Trinajstić information content (AvgIpc) is 2.02. The van der Waals surface area contributed by atoms with E-state index in [1.807, 2.05) is 0 Å². The van der Waals surface area contributed by atoms with Crippen LogP contribution in [0.3, 0.4) is 0 Å². The Morgan fingerprint density at radius 2 is 1.55 bits per heavy atom. The first-order chi connectivity index (χ1) is 5.27. The van der Waals surface area contributed by atoms with E-state index in [4.69, 9.17) is 0 Å². The Kier molecular flexibility index (Phi) is 1.90. The lowest BCUT2D eigenvalue weighted by atomic mass is 9.78. The Bertz CT molecular complexity index is 132. The molecule has 2 saturated heterocycles. The molecule has 11 heavy (non-hydrogen) atoms. The molecule has 2 heterocycles. The van der Waals surface area contributed by atoms with Crippen LogP contribution in [0.25, 0.3) is 0 Å². The average molecular weight is 154 g/mol. The smallest absolute Gasteiger partial charge is 0.00818 e. The van der Waals surface area contributed by atoms with Crippen molar-refractivity contribution in [1.29, 1.82) is 0 Å². The highest BCUT2D eigenvalue weighted by molar-refractivity contribution is 4.92. The molecule has 0 aromatic rings. The van der Waals surface area contributed by atoms with Gasteiger partial charge in [0.05, 0.1) is 0 Å². The van der Waals surface area contributed by atoms with Crippen molar-refractivity contribution in [2.24, 2.45) is 11.8 Å². The largest absolute Gasteiger partial charge is 0.316 e. The summed E-state index contributed by atoms with van der Waals surface area (Å²) in [4.78, 5) is 0. The maximum absolute atomic E-state index is 3.64. The molecule has 0 spiro atoms. The Morgan fingerprint density at radius 3 is 2.09 bits per heavy atom. The quantitative estimate of drug-likeness (QED) is 0.533. The molecule has 2 bridgehead atoms. The van der Waals surface area contributed by atoms with Gasteiger partial charge in [0.15, 0.2) is 0 Å². The van der Waals surface area contributed by atoms with Crippen LogP contribution in [0.1, 0.15) is 20.3 Å². The van der Waals surface area contributed by atoms with Gasteiger partial charge >= 0.3 is 0 Å². The van der Waals surface area contributed by atoms with Crippen LogP contribution in [-0.4, -0.2) is 25.2 Å². The molecule has 2 aliphatic rings. The summed E-state index contributed by atoms with van der Waals surface area (Å²) in [6.07, 6.45) is 1.43. The minimum Gasteiger partial charge on any atom is -0.316 e. The normalized spacial score (nSPS) is 50.7. The van der Waals surface area contributed by atoms with E-state index in [1.54, 1.807) is 0 Å². The van der Waals surface area contributed by atoms with Gasteiger partial charge in [0.1, 0.15) is 0 Å². The van der Waals surface area contributed by atoms with Gasteiger partial charge in [-0.2, -0.15) is 0 Å². The lowest BCUT2D eigenvalue weighted by Gasteiger charge is -2.44. The number of nitrogens with one attached hydrogen (secondary N) is 2. The highest BCUT2D eigenvalue weighted by Crippen LogP contribution is 2.27. The molecular formula is C9H18N2. The van der Waals surface area contributed by atoms with Crippen molar-refractivity contribution in [2.75, 3.05) is 13.1 Å². The molecule has 0 aromatic carbocycles. The predicted octanol–water partition coefficient (Wildman–Crippen LogP) is 0.592. The number of fused-ring (bicyclic) bond motifs is 2. The van der Waals surface area contributed by atoms with Crippen molar-refractivity contribution in [1.82, 2.24) is 10.6 Å². The van der Waals surface area contributed by atoms with Crippen molar-refractivity contribution >= 4 is 0 Å². The summed E-state index contributed by atoms with van der Waals surface area (Å²) >= 11 is 0. The van der Waals surface area contributed by atoms with Crippen molar-refractivity contribution in [3.8, 4) is 0 Å². The molecule has 2 aliphatic heterocycles. The number of piperidine rings is 2. The van der Waals surface area contributed by atoms with Crippen LogP contribution in [0.5, 0.6) is 0 Å². The zero-order valence-electron chi connectivity index (χ0n) is 7.43. The maximum atomic E-state index is 3.64. The van der Waals surface area contributed by atoms with Gasteiger partial charge in [-0.1, -0.05) is 0 Å². The Morgan fingerprint density at radius 1 is 1.00 bits per heavy atom. The van der Waals surface area contributed by atoms with Crippen LogP contribution in [0.2, 0.25) is 0 Å². The summed E-state index contributed by atoms with van der Waals surface area (Å²) in [7, 11) is 0. The van der Waals surface area contributed by atoms with E-state index in [0.29, 0.717) is 12.1 Å². The number of hydrogen-bond acceptors (Lipinski definition) is 2. The molecule has 2 nitrogen and oxygen atoms in total. The standard InChI is InChI=1S/C9H18N2/c1-6-8-3-9(5-10-4-8)7(2)11-6/h6-11H,3-5H2,1-2H3. The van der Waals surface area contributed by atoms with Crippen LogP contribution in [0, 0.1) is 11.8 Å². The van der Waals surface area contributed by atoms with E-state index < -0.39 is 0 Å². The topological polar surface area (TPSA) is 24.1 Å². The van der Waals surface area contributed by atoms with Crippen molar-refractivity contribution in [3.63, 3.8) is 0 Å². The fourth-order valence-corrected chi connectivity index (χ4v) is 2.46. The first-order valence-electron chi connectivity index (χ1n) is 4.74. The molecule has 0 aliphatic carbocycles. The van der Waals surface area contributed by atoms with Crippen LogP contribution in [0.4, 0.5) is 0 Å². The summed E-state index contributed by atoms with van der Waals surface area (Å²) in [5.74, 6) is 1.76. The van der Waals surface area contributed by atoms with E-state index in [1.165, 1.54) is 19.5 Å².